The Bertz CT molecular complexity index is 2270. The van der Waals surface area contributed by atoms with Gasteiger partial charge in [-0.15, -0.1) is 0 Å². The number of pyridine rings is 2. The minimum absolute atomic E-state index is 0.250. The maximum absolute atomic E-state index is 13.0. The lowest BCUT2D eigenvalue weighted by Crippen LogP contribution is -2.49. The number of rotatable bonds is 8. The number of hydrogen-bond acceptors (Lipinski definition) is 10. The molecular formula is C40H42N10O4. The number of benzene rings is 2. The van der Waals surface area contributed by atoms with E-state index in [0.717, 1.165) is 97.9 Å². The van der Waals surface area contributed by atoms with Crippen molar-refractivity contribution >= 4 is 56.6 Å². The average molecular weight is 727 g/mol. The van der Waals surface area contributed by atoms with Crippen LogP contribution in [0, 0.1) is 17.2 Å². The van der Waals surface area contributed by atoms with Crippen LogP contribution in [0.25, 0.3) is 21.7 Å². The Balaban J connectivity index is 0.881. The zero-order valence-electron chi connectivity index (χ0n) is 30.2. The third-order valence-corrected chi connectivity index (χ3v) is 11.0. The van der Waals surface area contributed by atoms with Crippen molar-refractivity contribution in [2.24, 2.45) is 5.92 Å². The standard InChI is InChI=1S/C40H42N10O4/c1-54-37-18-33-29(17-34(37)44-39(52)28-16-27(19-41)20-42-21-28)25-50(46-33)30-8-6-26(7-9-30)24-47-11-3-12-48(15-14-47)35-5-2-4-31-32(35)22-43-23-36(31)49-13-10-38(51)45-40(49)53/h2,4-5,16-18,20-23,25-26,30H,3,6-15,24H2,1H3,(H,44,52)(H,45,51,53). The quantitative estimate of drug-likeness (QED) is 0.209. The molecule has 0 radical (unpaired) electrons. The first kappa shape index (κ1) is 35.0. The molecule has 2 N–H and O–H groups in total. The maximum Gasteiger partial charge on any atom is 0.328 e. The molecule has 1 aliphatic carbocycles. The minimum atomic E-state index is -0.403. The number of methoxy groups -OCH3 is 1. The number of ether oxygens (including phenoxy) is 1. The Morgan fingerprint density at radius 1 is 0.963 bits per heavy atom. The predicted octanol–water partition coefficient (Wildman–Crippen LogP) is 5.50. The molecule has 14 nitrogen and oxygen atoms in total. The number of nitrogens with zero attached hydrogens (tertiary/aromatic N) is 8. The minimum Gasteiger partial charge on any atom is -0.494 e. The zero-order chi connectivity index (χ0) is 37.2. The molecule has 3 fully saturated rings. The molecule has 3 aromatic heterocycles. The Morgan fingerprint density at radius 2 is 1.81 bits per heavy atom. The van der Waals surface area contributed by atoms with Gasteiger partial charge in [0, 0.05) is 91.8 Å². The van der Waals surface area contributed by atoms with Crippen LogP contribution < -0.4 is 25.2 Å². The van der Waals surface area contributed by atoms with Crippen LogP contribution in [0.4, 0.5) is 21.9 Å². The Hall–Kier alpha value is -6.07. The van der Waals surface area contributed by atoms with Gasteiger partial charge in [-0.2, -0.15) is 10.4 Å². The summed E-state index contributed by atoms with van der Waals surface area (Å²) in [5.74, 6) is 0.516. The average Bonchev–Trinajstić information content (AvgIpc) is 3.47. The van der Waals surface area contributed by atoms with Crippen molar-refractivity contribution in [1.29, 1.82) is 5.26 Å². The van der Waals surface area contributed by atoms with Crippen molar-refractivity contribution in [2.75, 3.05) is 61.5 Å². The van der Waals surface area contributed by atoms with Gasteiger partial charge in [0.1, 0.15) is 11.8 Å². The third-order valence-electron chi connectivity index (χ3n) is 11.0. The summed E-state index contributed by atoms with van der Waals surface area (Å²) >= 11 is 0. The second-order valence-electron chi connectivity index (χ2n) is 14.4. The Labute approximate surface area is 312 Å². The highest BCUT2D eigenvalue weighted by Crippen LogP contribution is 2.37. The highest BCUT2D eigenvalue weighted by molar-refractivity contribution is 6.11. The summed E-state index contributed by atoms with van der Waals surface area (Å²) in [5, 5.41) is 22.3. The van der Waals surface area contributed by atoms with Gasteiger partial charge in [0.25, 0.3) is 5.91 Å². The highest BCUT2D eigenvalue weighted by Gasteiger charge is 2.28. The third kappa shape index (κ3) is 7.14. The Morgan fingerprint density at radius 3 is 2.63 bits per heavy atom. The van der Waals surface area contributed by atoms with Crippen molar-refractivity contribution < 1.29 is 19.1 Å². The molecule has 0 bridgehead atoms. The van der Waals surface area contributed by atoms with Crippen LogP contribution in [-0.4, -0.2) is 88.9 Å². The van der Waals surface area contributed by atoms with E-state index in [0.29, 0.717) is 41.1 Å². The van der Waals surface area contributed by atoms with E-state index in [9.17, 15) is 19.6 Å². The molecule has 5 aromatic rings. The van der Waals surface area contributed by atoms with Crippen molar-refractivity contribution in [3.8, 4) is 11.8 Å². The van der Waals surface area contributed by atoms with Gasteiger partial charge in [-0.1, -0.05) is 12.1 Å². The van der Waals surface area contributed by atoms with Gasteiger partial charge >= 0.3 is 6.03 Å². The lowest BCUT2D eigenvalue weighted by molar-refractivity contribution is -0.120. The van der Waals surface area contributed by atoms with Crippen LogP contribution in [0.1, 0.15) is 60.5 Å². The van der Waals surface area contributed by atoms with E-state index >= 15 is 0 Å². The van der Waals surface area contributed by atoms with Crippen LogP contribution in [0.2, 0.25) is 0 Å². The number of carbonyl (C=O) groups is 3. The van der Waals surface area contributed by atoms with Crippen molar-refractivity contribution in [2.45, 2.75) is 44.6 Å². The summed E-state index contributed by atoms with van der Waals surface area (Å²) in [7, 11) is 1.56. The zero-order valence-corrected chi connectivity index (χ0v) is 30.2. The fourth-order valence-electron chi connectivity index (χ4n) is 8.15. The molecule has 276 valence electrons. The largest absolute Gasteiger partial charge is 0.494 e. The molecule has 54 heavy (non-hydrogen) atoms. The molecule has 8 rings (SSSR count). The highest BCUT2D eigenvalue weighted by atomic mass is 16.5. The molecule has 14 heteroatoms. The molecule has 2 aromatic carbocycles. The molecule has 5 heterocycles. The van der Waals surface area contributed by atoms with Crippen LogP contribution in [-0.2, 0) is 4.79 Å². The van der Waals surface area contributed by atoms with Gasteiger partial charge in [-0.05, 0) is 62.8 Å². The van der Waals surface area contributed by atoms with Crippen molar-refractivity contribution in [3.63, 3.8) is 0 Å². The fraction of sp³-hybridized carbons (Fsp3) is 0.375. The van der Waals surface area contributed by atoms with E-state index in [1.807, 2.05) is 36.5 Å². The number of nitriles is 1. The summed E-state index contributed by atoms with van der Waals surface area (Å²) in [5.41, 5.74) is 3.80. The van der Waals surface area contributed by atoms with Gasteiger partial charge in [0.05, 0.1) is 47.4 Å². The number of urea groups is 1. The second kappa shape index (κ2) is 15.1. The van der Waals surface area contributed by atoms with Gasteiger partial charge in [-0.25, -0.2) is 4.79 Å². The van der Waals surface area contributed by atoms with Gasteiger partial charge in [0.15, 0.2) is 0 Å². The van der Waals surface area contributed by atoms with E-state index in [4.69, 9.17) is 9.84 Å². The summed E-state index contributed by atoms with van der Waals surface area (Å²) < 4.78 is 7.68. The molecule has 2 saturated heterocycles. The number of hydrogen-bond donors (Lipinski definition) is 2. The molecule has 0 atom stereocenters. The van der Waals surface area contributed by atoms with E-state index in [2.05, 4.69) is 47.3 Å². The maximum atomic E-state index is 13.0. The number of imide groups is 1. The van der Waals surface area contributed by atoms with Crippen LogP contribution in [0.15, 0.2) is 67.4 Å². The molecule has 4 amide bonds. The normalized spacial score (nSPS) is 19.7. The SMILES string of the molecule is COc1cc2nn(C3CCC(CN4CCCN(c5cccc6c(N7CCC(=O)NC7=O)cncc56)CC4)CC3)cc2cc1NC(=O)c1cncc(C#N)c1. The van der Waals surface area contributed by atoms with E-state index in [1.165, 1.54) is 18.5 Å². The molecule has 1 saturated carbocycles. The van der Waals surface area contributed by atoms with Gasteiger partial charge < -0.3 is 19.9 Å². The molecule has 0 unspecified atom stereocenters. The van der Waals surface area contributed by atoms with Crippen LogP contribution >= 0.6 is 0 Å². The Kier molecular flexibility index (Phi) is 9.79. The first-order valence-corrected chi connectivity index (χ1v) is 18.6. The number of amides is 4. The fourth-order valence-corrected chi connectivity index (χ4v) is 8.15. The summed E-state index contributed by atoms with van der Waals surface area (Å²) in [6.45, 7) is 5.31. The predicted molar refractivity (Wildman–Crippen MR) is 205 cm³/mol. The molecule has 2 aliphatic heterocycles. The van der Waals surface area contributed by atoms with Crippen LogP contribution in [0.3, 0.4) is 0 Å². The number of fused-ring (bicyclic) bond motifs is 2. The van der Waals surface area contributed by atoms with Gasteiger partial charge in [-0.3, -0.25) is 34.5 Å². The smallest absolute Gasteiger partial charge is 0.328 e. The first-order chi connectivity index (χ1) is 26.4. The number of carbonyl (C=O) groups excluding carboxylic acids is 3. The molecular weight excluding hydrogens is 685 g/mol. The second-order valence-corrected chi connectivity index (χ2v) is 14.4. The number of aromatic nitrogens is 4. The van der Waals surface area contributed by atoms with Crippen LogP contribution in [0.5, 0.6) is 5.75 Å². The first-order valence-electron chi connectivity index (χ1n) is 18.6. The number of anilines is 3. The summed E-state index contributed by atoms with van der Waals surface area (Å²) in [6.07, 6.45) is 14.2. The van der Waals surface area contributed by atoms with Crippen molar-refractivity contribution in [3.05, 3.63) is 78.5 Å². The summed E-state index contributed by atoms with van der Waals surface area (Å²) in [4.78, 5) is 52.6. The van der Waals surface area contributed by atoms with E-state index < -0.39 is 6.03 Å². The monoisotopic (exact) mass is 726 g/mol. The molecule has 0 spiro atoms. The lowest BCUT2D eigenvalue weighted by atomic mass is 9.85. The van der Waals surface area contributed by atoms with Crippen molar-refractivity contribution in [1.82, 2.24) is 30.0 Å². The van der Waals surface area contributed by atoms with Gasteiger partial charge in [0.2, 0.25) is 5.91 Å². The van der Waals surface area contributed by atoms with E-state index in [-0.39, 0.29) is 18.2 Å². The summed E-state index contributed by atoms with van der Waals surface area (Å²) in [6, 6.07) is 13.4. The topological polar surface area (TPSA) is 162 Å². The lowest BCUT2D eigenvalue weighted by Gasteiger charge is -2.32. The number of nitrogens with one attached hydrogen (secondary N) is 2. The van der Waals surface area contributed by atoms with E-state index in [1.54, 1.807) is 18.2 Å². The molecule has 3 aliphatic rings.